The highest BCUT2D eigenvalue weighted by atomic mass is 32.2. The average Bonchev–Trinajstić information content (AvgIpc) is 3.11. The van der Waals surface area contributed by atoms with Crippen LogP contribution in [0.1, 0.15) is 0 Å². The summed E-state index contributed by atoms with van der Waals surface area (Å²) >= 11 is 3.45. The average molecular weight is 258 g/mol. The first kappa shape index (κ1) is 12.3. The van der Waals surface area contributed by atoms with Crippen LogP contribution < -0.4 is 0 Å². The predicted octanol–water partition coefficient (Wildman–Crippen LogP) is 1.76. The van der Waals surface area contributed by atoms with E-state index in [1.54, 1.807) is 0 Å². The van der Waals surface area contributed by atoms with Crippen LogP contribution in [0.5, 0.6) is 0 Å². The quantitative estimate of drug-likeness (QED) is 0.566. The van der Waals surface area contributed by atoms with Crippen LogP contribution in [0.3, 0.4) is 0 Å². The van der Waals surface area contributed by atoms with Crippen LogP contribution in [0, 0.1) is 0 Å². The van der Waals surface area contributed by atoms with Crippen molar-refractivity contribution in [3.05, 3.63) is 12.7 Å². The Bertz CT molecular complexity index is 261. The maximum absolute atomic E-state index is 11.8. The summed E-state index contributed by atoms with van der Waals surface area (Å²) < 4.78 is 0. The van der Waals surface area contributed by atoms with Gasteiger partial charge in [-0.15, -0.1) is 6.58 Å². The van der Waals surface area contributed by atoms with Gasteiger partial charge in [0.2, 0.25) is 0 Å². The van der Waals surface area contributed by atoms with Crippen molar-refractivity contribution in [3.8, 4) is 0 Å². The molecule has 0 spiro atoms. The molecule has 90 valence electrons. The van der Waals surface area contributed by atoms with Crippen LogP contribution in [0.25, 0.3) is 0 Å². The van der Waals surface area contributed by atoms with Gasteiger partial charge in [-0.2, -0.15) is 11.8 Å². The van der Waals surface area contributed by atoms with Gasteiger partial charge in [-0.1, -0.05) is 17.8 Å². The van der Waals surface area contributed by atoms with Gasteiger partial charge in [0.25, 0.3) is 5.24 Å². The number of rotatable bonds is 4. The second-order valence-corrected chi connectivity index (χ2v) is 6.41. The van der Waals surface area contributed by atoms with Crippen LogP contribution in [0.2, 0.25) is 0 Å². The Labute approximate surface area is 106 Å². The zero-order valence-electron chi connectivity index (χ0n) is 9.43. The standard InChI is InChI=1S/C11H18N2OS2/c1-2-3-12-4-6-13(7-5-12)11(14)16-9-10-8-15-10/h2,10H,1,3-9H2. The van der Waals surface area contributed by atoms with Gasteiger partial charge < -0.3 is 4.90 Å². The highest BCUT2D eigenvalue weighted by molar-refractivity contribution is 8.15. The highest BCUT2D eigenvalue weighted by Crippen LogP contribution is 2.33. The molecule has 2 aliphatic heterocycles. The second kappa shape index (κ2) is 5.98. The topological polar surface area (TPSA) is 23.6 Å². The molecule has 0 aromatic heterocycles. The number of thioether (sulfide) groups is 2. The number of carbonyl (C=O) groups excluding carboxylic acids is 1. The fourth-order valence-electron chi connectivity index (χ4n) is 1.72. The maximum Gasteiger partial charge on any atom is 0.281 e. The van der Waals surface area contributed by atoms with Crippen molar-refractivity contribution >= 4 is 28.8 Å². The van der Waals surface area contributed by atoms with Crippen LogP contribution in [-0.4, -0.2) is 64.5 Å². The van der Waals surface area contributed by atoms with E-state index in [-0.39, 0.29) is 5.24 Å². The first-order valence-corrected chi connectivity index (χ1v) is 7.69. The van der Waals surface area contributed by atoms with Gasteiger partial charge in [0.1, 0.15) is 0 Å². The summed E-state index contributed by atoms with van der Waals surface area (Å²) in [6.07, 6.45) is 1.93. The fourth-order valence-corrected chi connectivity index (χ4v) is 3.52. The van der Waals surface area contributed by atoms with E-state index in [2.05, 4.69) is 11.5 Å². The molecule has 2 rings (SSSR count). The molecule has 0 aliphatic carbocycles. The molecule has 16 heavy (non-hydrogen) atoms. The highest BCUT2D eigenvalue weighted by Gasteiger charge is 2.26. The molecule has 1 atom stereocenters. The van der Waals surface area contributed by atoms with Crippen LogP contribution >= 0.6 is 23.5 Å². The maximum atomic E-state index is 11.8. The first-order chi connectivity index (χ1) is 7.79. The zero-order chi connectivity index (χ0) is 11.4. The first-order valence-electron chi connectivity index (χ1n) is 5.66. The fraction of sp³-hybridized carbons (Fsp3) is 0.727. The number of hydrogen-bond donors (Lipinski definition) is 0. The van der Waals surface area contributed by atoms with E-state index in [0.717, 1.165) is 43.7 Å². The molecule has 0 radical (unpaired) electrons. The normalized spacial score (nSPS) is 25.5. The lowest BCUT2D eigenvalue weighted by Crippen LogP contribution is -2.47. The molecule has 0 bridgehead atoms. The third kappa shape index (κ3) is 3.71. The summed E-state index contributed by atoms with van der Waals surface area (Å²) in [4.78, 5) is 16.2. The Morgan fingerprint density at radius 1 is 1.44 bits per heavy atom. The minimum absolute atomic E-state index is 0.269. The lowest BCUT2D eigenvalue weighted by molar-refractivity contribution is 0.163. The third-order valence-corrected chi connectivity index (χ3v) is 5.07. The summed E-state index contributed by atoms with van der Waals surface area (Å²) in [6, 6.07) is 0. The number of hydrogen-bond acceptors (Lipinski definition) is 4. The van der Waals surface area contributed by atoms with E-state index in [9.17, 15) is 4.79 Å². The SMILES string of the molecule is C=CCN1CCN(C(=O)SCC2CS2)CC1. The third-order valence-electron chi connectivity index (χ3n) is 2.81. The molecule has 2 heterocycles. The van der Waals surface area contributed by atoms with E-state index >= 15 is 0 Å². The second-order valence-electron chi connectivity index (χ2n) is 4.11. The molecular formula is C11H18N2OS2. The Morgan fingerprint density at radius 3 is 2.69 bits per heavy atom. The molecule has 2 saturated heterocycles. The van der Waals surface area contributed by atoms with Crippen LogP contribution in [-0.2, 0) is 0 Å². The lowest BCUT2D eigenvalue weighted by atomic mass is 10.3. The Morgan fingerprint density at radius 2 is 2.12 bits per heavy atom. The van der Waals surface area contributed by atoms with Crippen molar-refractivity contribution in [2.24, 2.45) is 0 Å². The number of piperazine rings is 1. The Kier molecular flexibility index (Phi) is 4.61. The van der Waals surface area contributed by atoms with E-state index in [1.807, 2.05) is 22.7 Å². The van der Waals surface area contributed by atoms with Gasteiger partial charge in [0.15, 0.2) is 0 Å². The minimum atomic E-state index is 0.269. The summed E-state index contributed by atoms with van der Waals surface area (Å²) in [5.41, 5.74) is 0. The van der Waals surface area contributed by atoms with Crippen molar-refractivity contribution in [3.63, 3.8) is 0 Å². The smallest absolute Gasteiger partial charge is 0.281 e. The minimum Gasteiger partial charge on any atom is -0.331 e. The molecule has 0 saturated carbocycles. The van der Waals surface area contributed by atoms with E-state index in [1.165, 1.54) is 17.5 Å². The van der Waals surface area contributed by atoms with Crippen molar-refractivity contribution in [2.45, 2.75) is 5.25 Å². The monoisotopic (exact) mass is 258 g/mol. The molecule has 3 nitrogen and oxygen atoms in total. The van der Waals surface area contributed by atoms with Gasteiger partial charge in [-0.25, -0.2) is 0 Å². The lowest BCUT2D eigenvalue weighted by Gasteiger charge is -2.33. The van der Waals surface area contributed by atoms with Gasteiger partial charge in [-0.3, -0.25) is 9.69 Å². The van der Waals surface area contributed by atoms with Crippen molar-refractivity contribution in [2.75, 3.05) is 44.2 Å². The molecule has 1 amide bonds. The van der Waals surface area contributed by atoms with E-state index < -0.39 is 0 Å². The summed E-state index contributed by atoms with van der Waals surface area (Å²) in [5.74, 6) is 2.24. The van der Waals surface area contributed by atoms with Crippen molar-refractivity contribution in [1.29, 1.82) is 0 Å². The molecule has 0 aromatic carbocycles. The molecule has 2 fully saturated rings. The van der Waals surface area contributed by atoms with Gasteiger partial charge in [0, 0.05) is 49.5 Å². The Hall–Kier alpha value is -0.130. The van der Waals surface area contributed by atoms with Gasteiger partial charge >= 0.3 is 0 Å². The number of amides is 1. The number of carbonyl (C=O) groups is 1. The van der Waals surface area contributed by atoms with Crippen molar-refractivity contribution in [1.82, 2.24) is 9.80 Å². The molecule has 5 heteroatoms. The van der Waals surface area contributed by atoms with Gasteiger partial charge in [0.05, 0.1) is 0 Å². The van der Waals surface area contributed by atoms with Crippen LogP contribution in [0.15, 0.2) is 12.7 Å². The van der Waals surface area contributed by atoms with Crippen LogP contribution in [0.4, 0.5) is 4.79 Å². The zero-order valence-corrected chi connectivity index (χ0v) is 11.1. The predicted molar refractivity (Wildman–Crippen MR) is 72.3 cm³/mol. The van der Waals surface area contributed by atoms with Crippen molar-refractivity contribution < 1.29 is 4.79 Å². The molecule has 1 unspecified atom stereocenters. The number of nitrogens with zero attached hydrogens (tertiary/aromatic N) is 2. The van der Waals surface area contributed by atoms with E-state index in [4.69, 9.17) is 0 Å². The summed E-state index contributed by atoms with van der Waals surface area (Å²) in [5, 5.41) is 1.02. The largest absolute Gasteiger partial charge is 0.331 e. The summed E-state index contributed by atoms with van der Waals surface area (Å²) in [7, 11) is 0. The Balaban J connectivity index is 1.66. The molecular weight excluding hydrogens is 240 g/mol. The van der Waals surface area contributed by atoms with E-state index in [0.29, 0.717) is 0 Å². The molecule has 0 N–H and O–H groups in total. The summed E-state index contributed by atoms with van der Waals surface area (Å²) in [6.45, 7) is 8.38. The molecule has 0 aromatic rings. The van der Waals surface area contributed by atoms with Gasteiger partial charge in [-0.05, 0) is 0 Å². The molecule has 2 aliphatic rings.